The first-order valence-electron chi connectivity index (χ1n) is 8.08. The van der Waals surface area contributed by atoms with Crippen LogP contribution < -0.4 is 5.32 Å². The highest BCUT2D eigenvalue weighted by atomic mass is 16.4. The molecule has 120 valence electrons. The summed E-state index contributed by atoms with van der Waals surface area (Å²) in [5, 5.41) is 11.9. The van der Waals surface area contributed by atoms with Crippen LogP contribution in [-0.4, -0.2) is 66.2 Å². The summed E-state index contributed by atoms with van der Waals surface area (Å²) in [6.45, 7) is 6.70. The van der Waals surface area contributed by atoms with E-state index in [9.17, 15) is 9.59 Å². The Balaban J connectivity index is 1.67. The molecule has 0 aromatic carbocycles. The molecule has 0 aromatic rings. The molecule has 0 aromatic heterocycles. The number of piperazine rings is 1. The second-order valence-corrected chi connectivity index (χ2v) is 6.24. The minimum absolute atomic E-state index is 0.122. The van der Waals surface area contributed by atoms with E-state index in [1.165, 1.54) is 19.4 Å². The maximum Gasteiger partial charge on any atom is 0.317 e. The van der Waals surface area contributed by atoms with Crippen LogP contribution >= 0.6 is 0 Å². The van der Waals surface area contributed by atoms with E-state index in [1.54, 1.807) is 4.90 Å². The number of nitrogens with zero attached hydrogens (tertiary/aromatic N) is 2. The van der Waals surface area contributed by atoms with Gasteiger partial charge in [0, 0.05) is 39.3 Å². The van der Waals surface area contributed by atoms with Gasteiger partial charge in [-0.05, 0) is 25.2 Å². The van der Waals surface area contributed by atoms with Gasteiger partial charge >= 0.3 is 12.0 Å². The van der Waals surface area contributed by atoms with Gasteiger partial charge in [0.2, 0.25) is 0 Å². The fourth-order valence-corrected chi connectivity index (χ4v) is 2.78. The number of carbonyl (C=O) groups is 2. The number of nitrogens with one attached hydrogen (secondary N) is 1. The molecule has 2 amide bonds. The molecule has 1 saturated carbocycles. The topological polar surface area (TPSA) is 72.9 Å². The van der Waals surface area contributed by atoms with E-state index in [0.29, 0.717) is 6.42 Å². The Morgan fingerprint density at radius 1 is 1.24 bits per heavy atom. The summed E-state index contributed by atoms with van der Waals surface area (Å²) >= 11 is 0. The van der Waals surface area contributed by atoms with Crippen molar-refractivity contribution in [3.63, 3.8) is 0 Å². The van der Waals surface area contributed by atoms with Gasteiger partial charge in [-0.15, -0.1) is 0 Å². The minimum Gasteiger partial charge on any atom is -0.481 e. The molecule has 6 heteroatoms. The molecule has 6 nitrogen and oxygen atoms in total. The van der Waals surface area contributed by atoms with Crippen LogP contribution in [0.3, 0.4) is 0 Å². The van der Waals surface area contributed by atoms with Crippen molar-refractivity contribution in [2.75, 3.05) is 39.3 Å². The summed E-state index contributed by atoms with van der Waals surface area (Å²) in [5.74, 6) is -0.419. The molecule has 1 aliphatic heterocycles. The van der Waals surface area contributed by atoms with Gasteiger partial charge in [-0.1, -0.05) is 13.3 Å². The van der Waals surface area contributed by atoms with Gasteiger partial charge in [0.1, 0.15) is 0 Å². The minimum atomic E-state index is -0.827. The fourth-order valence-electron chi connectivity index (χ4n) is 2.78. The average Bonchev–Trinajstić information content (AvgIpc) is 3.27. The fraction of sp³-hybridized carbons (Fsp3) is 0.867. The van der Waals surface area contributed by atoms with E-state index < -0.39 is 11.9 Å². The lowest BCUT2D eigenvalue weighted by atomic mass is 10.0. The molecule has 2 rings (SSSR count). The summed E-state index contributed by atoms with van der Waals surface area (Å²) in [5.41, 5.74) is 0. The average molecular weight is 297 g/mol. The zero-order valence-electron chi connectivity index (χ0n) is 12.9. The molecular weight excluding hydrogens is 270 g/mol. The van der Waals surface area contributed by atoms with Crippen molar-refractivity contribution in [1.82, 2.24) is 15.1 Å². The monoisotopic (exact) mass is 297 g/mol. The largest absolute Gasteiger partial charge is 0.481 e. The number of urea groups is 1. The predicted octanol–water partition coefficient (Wildman–Crippen LogP) is 1.22. The van der Waals surface area contributed by atoms with Crippen LogP contribution in [0, 0.1) is 11.8 Å². The van der Waals surface area contributed by atoms with Gasteiger partial charge in [0.05, 0.1) is 5.92 Å². The lowest BCUT2D eigenvalue weighted by molar-refractivity contribution is -0.141. The molecule has 21 heavy (non-hydrogen) atoms. The van der Waals surface area contributed by atoms with Gasteiger partial charge in [-0.3, -0.25) is 9.69 Å². The van der Waals surface area contributed by atoms with Crippen molar-refractivity contribution in [2.45, 2.75) is 32.6 Å². The summed E-state index contributed by atoms with van der Waals surface area (Å²) in [4.78, 5) is 27.4. The third kappa shape index (κ3) is 5.19. The van der Waals surface area contributed by atoms with Crippen LogP contribution in [0.2, 0.25) is 0 Å². The maximum atomic E-state index is 12.1. The number of carboxylic acids is 1. The summed E-state index contributed by atoms with van der Waals surface area (Å²) in [6.07, 6.45) is 4.13. The lowest BCUT2D eigenvalue weighted by Crippen LogP contribution is -2.52. The molecule has 1 atom stereocenters. The predicted molar refractivity (Wildman–Crippen MR) is 80.2 cm³/mol. The third-order valence-electron chi connectivity index (χ3n) is 4.36. The standard InChI is InChI=1S/C15H27N3O3/c1-2-3-13(14(19)20)10-16-15(21)18-8-6-17(7-9-18)11-12-4-5-12/h12-13H,2-11H2,1H3,(H,16,21)(H,19,20). The first-order chi connectivity index (χ1) is 10.1. The van der Waals surface area contributed by atoms with E-state index in [4.69, 9.17) is 5.11 Å². The molecule has 0 spiro atoms. The molecule has 1 heterocycles. The van der Waals surface area contributed by atoms with Crippen molar-refractivity contribution in [2.24, 2.45) is 11.8 Å². The molecule has 1 saturated heterocycles. The van der Waals surface area contributed by atoms with Crippen molar-refractivity contribution >= 4 is 12.0 Å². The highest BCUT2D eigenvalue weighted by Gasteiger charge is 2.28. The summed E-state index contributed by atoms with van der Waals surface area (Å²) in [6, 6.07) is -0.122. The second kappa shape index (κ2) is 7.64. The van der Waals surface area contributed by atoms with Crippen LogP contribution in [-0.2, 0) is 4.79 Å². The van der Waals surface area contributed by atoms with Crippen LogP contribution in [0.1, 0.15) is 32.6 Å². The number of hydrogen-bond acceptors (Lipinski definition) is 3. The highest BCUT2D eigenvalue weighted by molar-refractivity contribution is 5.76. The third-order valence-corrected chi connectivity index (χ3v) is 4.36. The van der Waals surface area contributed by atoms with Gasteiger partial charge in [-0.2, -0.15) is 0 Å². The quantitative estimate of drug-likeness (QED) is 0.741. The molecule has 2 N–H and O–H groups in total. The maximum absolute atomic E-state index is 12.1. The smallest absolute Gasteiger partial charge is 0.317 e. The normalized spacial score (nSPS) is 21.1. The zero-order chi connectivity index (χ0) is 15.2. The Hall–Kier alpha value is -1.30. The van der Waals surface area contributed by atoms with Crippen LogP contribution in [0.4, 0.5) is 4.79 Å². The Morgan fingerprint density at radius 3 is 2.43 bits per heavy atom. The molecule has 1 aliphatic carbocycles. The Bertz CT molecular complexity index is 363. The van der Waals surface area contributed by atoms with E-state index >= 15 is 0 Å². The van der Waals surface area contributed by atoms with E-state index in [-0.39, 0.29) is 12.6 Å². The summed E-state index contributed by atoms with van der Waals surface area (Å²) in [7, 11) is 0. The number of carboxylic acid groups (broad SMARTS) is 1. The Labute approximate surface area is 126 Å². The van der Waals surface area contributed by atoms with Gasteiger partial charge < -0.3 is 15.3 Å². The van der Waals surface area contributed by atoms with Gasteiger partial charge in [0.15, 0.2) is 0 Å². The van der Waals surface area contributed by atoms with Crippen LogP contribution in [0.5, 0.6) is 0 Å². The van der Waals surface area contributed by atoms with Crippen molar-refractivity contribution in [3.8, 4) is 0 Å². The lowest BCUT2D eigenvalue weighted by Gasteiger charge is -2.34. The van der Waals surface area contributed by atoms with E-state index in [1.807, 2.05) is 6.92 Å². The van der Waals surface area contributed by atoms with Crippen LogP contribution in [0.15, 0.2) is 0 Å². The van der Waals surface area contributed by atoms with Crippen molar-refractivity contribution < 1.29 is 14.7 Å². The van der Waals surface area contributed by atoms with Crippen LogP contribution in [0.25, 0.3) is 0 Å². The first kappa shape index (κ1) is 16.1. The SMILES string of the molecule is CCCC(CNC(=O)N1CCN(CC2CC2)CC1)C(=O)O. The van der Waals surface area contributed by atoms with E-state index in [2.05, 4.69) is 10.2 Å². The highest BCUT2D eigenvalue weighted by Crippen LogP contribution is 2.29. The number of aliphatic carboxylic acids is 1. The van der Waals surface area contributed by atoms with Gasteiger partial charge in [-0.25, -0.2) is 4.79 Å². The van der Waals surface area contributed by atoms with E-state index in [0.717, 1.165) is 38.5 Å². The number of carbonyl (C=O) groups excluding carboxylic acids is 1. The molecular formula is C15H27N3O3. The number of amides is 2. The Kier molecular flexibility index (Phi) is 5.85. The molecule has 0 bridgehead atoms. The molecule has 0 radical (unpaired) electrons. The zero-order valence-corrected chi connectivity index (χ0v) is 12.9. The summed E-state index contributed by atoms with van der Waals surface area (Å²) < 4.78 is 0. The molecule has 2 fully saturated rings. The van der Waals surface area contributed by atoms with Crippen molar-refractivity contribution in [3.05, 3.63) is 0 Å². The number of rotatable bonds is 7. The Morgan fingerprint density at radius 2 is 1.90 bits per heavy atom. The molecule has 1 unspecified atom stereocenters. The molecule has 2 aliphatic rings. The first-order valence-corrected chi connectivity index (χ1v) is 8.08. The van der Waals surface area contributed by atoms with Gasteiger partial charge in [0.25, 0.3) is 0 Å². The second-order valence-electron chi connectivity index (χ2n) is 6.24. The van der Waals surface area contributed by atoms with Crippen molar-refractivity contribution in [1.29, 1.82) is 0 Å². The number of hydrogen-bond donors (Lipinski definition) is 2.